The Hall–Kier alpha value is -0.660. The van der Waals surface area contributed by atoms with E-state index >= 15 is 0 Å². The molecule has 1 fully saturated rings. The van der Waals surface area contributed by atoms with Crippen LogP contribution < -0.4 is 0 Å². The van der Waals surface area contributed by atoms with E-state index < -0.39 is 25.7 Å². The predicted octanol–water partition coefficient (Wildman–Crippen LogP) is 3.86. The molecule has 1 saturated carbocycles. The number of halogens is 3. The van der Waals surface area contributed by atoms with Gasteiger partial charge in [0.15, 0.2) is 0 Å². The molecule has 1 aliphatic rings. The molecule has 0 atom stereocenters. The van der Waals surface area contributed by atoms with E-state index in [1.54, 1.807) is 0 Å². The number of ether oxygens (including phenoxy) is 1. The first-order chi connectivity index (χ1) is 9.79. The minimum Gasteiger partial charge on any atom is -0.462 e. The van der Waals surface area contributed by atoms with E-state index in [1.807, 2.05) is 0 Å². The zero-order valence-corrected chi connectivity index (χ0v) is 14.1. The summed E-state index contributed by atoms with van der Waals surface area (Å²) < 4.78 is 41.4. The van der Waals surface area contributed by atoms with Gasteiger partial charge in [-0.15, -0.1) is 0 Å². The van der Waals surface area contributed by atoms with Gasteiger partial charge in [-0.1, -0.05) is 12.8 Å². The molecule has 0 spiro atoms. The third-order valence-corrected chi connectivity index (χ3v) is 5.42. The zero-order chi connectivity index (χ0) is 15.6. The standard InChI is InChI=1S/C13H13BrClFO4S/c14-10-6-11(16)12(21(15,18)19)5-9(10)13(17)20-7-8-3-1-2-4-8/h5-6,8H,1-4,7H2. The molecule has 0 heterocycles. The summed E-state index contributed by atoms with van der Waals surface area (Å²) in [7, 11) is 0.870. The summed E-state index contributed by atoms with van der Waals surface area (Å²) in [6.45, 7) is 0.283. The van der Waals surface area contributed by atoms with Crippen molar-refractivity contribution in [3.8, 4) is 0 Å². The van der Waals surface area contributed by atoms with Crippen molar-refractivity contribution in [1.29, 1.82) is 0 Å². The molecular weight excluding hydrogens is 387 g/mol. The molecule has 0 aliphatic heterocycles. The van der Waals surface area contributed by atoms with Crippen LogP contribution >= 0.6 is 26.6 Å². The van der Waals surface area contributed by atoms with Gasteiger partial charge < -0.3 is 4.74 Å². The van der Waals surface area contributed by atoms with Crippen molar-refractivity contribution in [2.24, 2.45) is 5.92 Å². The Morgan fingerprint density at radius 1 is 1.38 bits per heavy atom. The first kappa shape index (κ1) is 16.7. The van der Waals surface area contributed by atoms with E-state index in [9.17, 15) is 17.6 Å². The maximum absolute atomic E-state index is 13.6. The molecule has 8 heteroatoms. The molecule has 21 heavy (non-hydrogen) atoms. The van der Waals surface area contributed by atoms with Gasteiger partial charge in [0.2, 0.25) is 0 Å². The van der Waals surface area contributed by atoms with Crippen LogP contribution in [0.1, 0.15) is 36.0 Å². The molecule has 1 aromatic rings. The van der Waals surface area contributed by atoms with Crippen LogP contribution in [-0.2, 0) is 13.8 Å². The van der Waals surface area contributed by atoms with Gasteiger partial charge in [0.1, 0.15) is 10.7 Å². The fraction of sp³-hybridized carbons (Fsp3) is 0.462. The molecule has 2 rings (SSSR count). The van der Waals surface area contributed by atoms with E-state index in [0.29, 0.717) is 5.92 Å². The van der Waals surface area contributed by atoms with Crippen molar-refractivity contribution in [3.05, 3.63) is 28.0 Å². The van der Waals surface area contributed by atoms with Crippen LogP contribution in [0.4, 0.5) is 4.39 Å². The fourth-order valence-electron chi connectivity index (χ4n) is 2.32. The highest BCUT2D eigenvalue weighted by Crippen LogP contribution is 2.28. The molecule has 0 aromatic heterocycles. The minimum absolute atomic E-state index is 0.0615. The summed E-state index contributed by atoms with van der Waals surface area (Å²) in [5, 5.41) is 0. The monoisotopic (exact) mass is 398 g/mol. The van der Waals surface area contributed by atoms with Gasteiger partial charge in [0.05, 0.1) is 12.2 Å². The van der Waals surface area contributed by atoms with Gasteiger partial charge in [-0.25, -0.2) is 17.6 Å². The first-order valence-electron chi connectivity index (χ1n) is 6.40. The number of benzene rings is 1. The number of hydrogen-bond acceptors (Lipinski definition) is 4. The van der Waals surface area contributed by atoms with Crippen molar-refractivity contribution in [2.75, 3.05) is 6.61 Å². The number of esters is 1. The second kappa shape index (κ2) is 6.62. The third-order valence-electron chi connectivity index (χ3n) is 3.43. The molecule has 0 amide bonds. The summed E-state index contributed by atoms with van der Waals surface area (Å²) in [5.41, 5.74) is -0.0615. The highest BCUT2D eigenvalue weighted by molar-refractivity contribution is 9.10. The highest BCUT2D eigenvalue weighted by Gasteiger charge is 2.23. The smallest absolute Gasteiger partial charge is 0.339 e. The normalized spacial score (nSPS) is 16.1. The highest BCUT2D eigenvalue weighted by atomic mass is 79.9. The largest absolute Gasteiger partial charge is 0.462 e. The van der Waals surface area contributed by atoms with Gasteiger partial charge in [0, 0.05) is 15.2 Å². The number of carbonyl (C=O) groups excluding carboxylic acids is 1. The Labute approximate surface area is 135 Å². The lowest BCUT2D eigenvalue weighted by Crippen LogP contribution is -2.13. The quantitative estimate of drug-likeness (QED) is 0.570. The maximum Gasteiger partial charge on any atom is 0.339 e. The van der Waals surface area contributed by atoms with Gasteiger partial charge in [0.25, 0.3) is 9.05 Å². The van der Waals surface area contributed by atoms with Gasteiger partial charge in [-0.2, -0.15) is 0 Å². The van der Waals surface area contributed by atoms with Crippen LogP contribution in [-0.4, -0.2) is 21.0 Å². The van der Waals surface area contributed by atoms with E-state index in [2.05, 4.69) is 15.9 Å². The second-order valence-electron chi connectivity index (χ2n) is 4.95. The third kappa shape index (κ3) is 4.17. The van der Waals surface area contributed by atoms with Crippen LogP contribution in [0.25, 0.3) is 0 Å². The van der Waals surface area contributed by atoms with Crippen molar-refractivity contribution >= 4 is 41.6 Å². The number of rotatable bonds is 4. The lowest BCUT2D eigenvalue weighted by molar-refractivity contribution is 0.0441. The molecule has 1 aliphatic carbocycles. The molecule has 0 bridgehead atoms. The van der Waals surface area contributed by atoms with Crippen molar-refractivity contribution in [2.45, 2.75) is 30.6 Å². The first-order valence-corrected chi connectivity index (χ1v) is 9.50. The average molecular weight is 400 g/mol. The second-order valence-corrected chi connectivity index (χ2v) is 8.34. The van der Waals surface area contributed by atoms with Gasteiger partial charge in [-0.05, 0) is 46.8 Å². The van der Waals surface area contributed by atoms with Crippen LogP contribution in [0.15, 0.2) is 21.5 Å². The molecule has 0 unspecified atom stereocenters. The van der Waals surface area contributed by atoms with Crippen molar-refractivity contribution < 1.29 is 22.3 Å². The van der Waals surface area contributed by atoms with E-state index in [4.69, 9.17) is 15.4 Å². The van der Waals surface area contributed by atoms with Crippen LogP contribution in [0, 0.1) is 11.7 Å². The Morgan fingerprint density at radius 3 is 2.57 bits per heavy atom. The summed E-state index contributed by atoms with van der Waals surface area (Å²) in [5.74, 6) is -1.39. The van der Waals surface area contributed by atoms with Crippen molar-refractivity contribution in [1.82, 2.24) is 0 Å². The molecule has 4 nitrogen and oxygen atoms in total. The van der Waals surface area contributed by atoms with Crippen LogP contribution in [0.5, 0.6) is 0 Å². The van der Waals surface area contributed by atoms with E-state index in [1.165, 1.54) is 0 Å². The molecule has 0 radical (unpaired) electrons. The Balaban J connectivity index is 2.20. The molecule has 1 aromatic carbocycles. The van der Waals surface area contributed by atoms with Gasteiger partial charge >= 0.3 is 5.97 Å². The SMILES string of the molecule is O=C(OCC1CCCC1)c1cc(S(=O)(=O)Cl)c(F)cc1Br. The topological polar surface area (TPSA) is 60.4 Å². The molecule has 0 N–H and O–H groups in total. The fourth-order valence-corrected chi connectivity index (χ4v) is 3.70. The van der Waals surface area contributed by atoms with Crippen LogP contribution in [0.2, 0.25) is 0 Å². The average Bonchev–Trinajstić information content (AvgIpc) is 2.87. The lowest BCUT2D eigenvalue weighted by atomic mass is 10.1. The molecule has 116 valence electrons. The maximum atomic E-state index is 13.6. The number of hydrogen-bond donors (Lipinski definition) is 0. The molecule has 0 saturated heterocycles. The van der Waals surface area contributed by atoms with Gasteiger partial charge in [-0.3, -0.25) is 0 Å². The number of carbonyl (C=O) groups is 1. The Morgan fingerprint density at radius 2 is 2.00 bits per heavy atom. The summed E-state index contributed by atoms with van der Waals surface area (Å²) in [6.07, 6.45) is 4.27. The predicted molar refractivity (Wildman–Crippen MR) is 79.4 cm³/mol. The summed E-state index contributed by atoms with van der Waals surface area (Å²) >= 11 is 3.02. The lowest BCUT2D eigenvalue weighted by Gasteiger charge is -2.11. The Kier molecular flexibility index (Phi) is 5.27. The van der Waals surface area contributed by atoms with E-state index in [0.717, 1.165) is 37.8 Å². The summed E-state index contributed by atoms with van der Waals surface area (Å²) in [4.78, 5) is 11.3. The Bertz CT molecular complexity index is 656. The van der Waals surface area contributed by atoms with Crippen LogP contribution in [0.3, 0.4) is 0 Å². The van der Waals surface area contributed by atoms with E-state index in [-0.39, 0.29) is 16.6 Å². The van der Waals surface area contributed by atoms with Crippen molar-refractivity contribution in [3.63, 3.8) is 0 Å². The summed E-state index contributed by atoms with van der Waals surface area (Å²) in [6, 6.07) is 1.78. The molecular formula is C13H13BrClFO4S. The minimum atomic E-state index is -4.27. The zero-order valence-electron chi connectivity index (χ0n) is 10.9.